The van der Waals surface area contributed by atoms with Crippen molar-refractivity contribution in [3.05, 3.63) is 23.5 Å². The average Bonchev–Trinajstić information content (AvgIpc) is 2.50. The lowest BCUT2D eigenvalue weighted by atomic mass is 10.2. The van der Waals surface area contributed by atoms with Gasteiger partial charge in [-0.25, -0.2) is 4.39 Å². The Morgan fingerprint density at radius 3 is 2.69 bits per heavy atom. The highest BCUT2D eigenvalue weighted by Crippen LogP contribution is 2.32. The lowest BCUT2D eigenvalue weighted by Crippen LogP contribution is -2.12. The summed E-state index contributed by atoms with van der Waals surface area (Å²) in [4.78, 5) is 4.68. The fourth-order valence-corrected chi connectivity index (χ4v) is 1.51. The van der Waals surface area contributed by atoms with Gasteiger partial charge < -0.3 is 14.3 Å². The average molecular weight is 227 g/mol. The minimum absolute atomic E-state index is 0.291. The predicted molar refractivity (Wildman–Crippen MR) is 55.9 cm³/mol. The molecule has 1 aliphatic rings. The third-order valence-corrected chi connectivity index (χ3v) is 2.32. The molecule has 2 rings (SSSR count). The van der Waals surface area contributed by atoms with Crippen LogP contribution in [0.3, 0.4) is 0 Å². The minimum atomic E-state index is -0.325. The van der Waals surface area contributed by atoms with Crippen LogP contribution in [0.1, 0.15) is 12.0 Å². The first-order valence-corrected chi connectivity index (χ1v) is 5.15. The van der Waals surface area contributed by atoms with Gasteiger partial charge in [0, 0.05) is 24.6 Å². The molecule has 0 aliphatic carbocycles. The molecule has 4 nitrogen and oxygen atoms in total. The Hall–Kier alpha value is -1.33. The van der Waals surface area contributed by atoms with Gasteiger partial charge in [-0.15, -0.1) is 0 Å². The maximum absolute atomic E-state index is 13.6. The molecule has 0 spiro atoms. The van der Waals surface area contributed by atoms with Crippen molar-refractivity contribution in [2.24, 2.45) is 0 Å². The van der Waals surface area contributed by atoms with Gasteiger partial charge in [0.2, 0.25) is 0 Å². The summed E-state index contributed by atoms with van der Waals surface area (Å²) >= 11 is 0. The van der Waals surface area contributed by atoms with Crippen LogP contribution < -0.4 is 15.0 Å². The Kier molecular flexibility index (Phi) is 3.58. The predicted octanol–water partition coefficient (Wildman–Crippen LogP) is 1.64. The fourth-order valence-electron chi connectivity index (χ4n) is 1.51. The summed E-state index contributed by atoms with van der Waals surface area (Å²) in [5.74, 6) is 0.733. The zero-order valence-corrected chi connectivity index (χ0v) is 9.09. The van der Waals surface area contributed by atoms with E-state index in [0.717, 1.165) is 6.42 Å². The molecular weight excluding hydrogens is 213 g/mol. The number of ether oxygens (including phenoxy) is 2. The normalized spacial score (nSPS) is 14.6. The Morgan fingerprint density at radius 2 is 2.00 bits per heavy atom. The van der Waals surface area contributed by atoms with Crippen LogP contribution in [-0.4, -0.2) is 20.3 Å². The maximum atomic E-state index is 13.6. The molecule has 5 heteroatoms. The fraction of sp³-hybridized carbons (Fsp3) is 0.455. The molecule has 0 radical (unpaired) electrons. The van der Waals surface area contributed by atoms with Crippen molar-refractivity contribution in [2.75, 3.05) is 20.3 Å². The van der Waals surface area contributed by atoms with Gasteiger partial charge in [-0.2, -0.15) is 5.48 Å². The van der Waals surface area contributed by atoms with Gasteiger partial charge in [-0.1, -0.05) is 0 Å². The summed E-state index contributed by atoms with van der Waals surface area (Å²) in [6.45, 7) is 1.44. The van der Waals surface area contributed by atoms with Crippen LogP contribution in [-0.2, 0) is 11.4 Å². The van der Waals surface area contributed by atoms with Crippen molar-refractivity contribution in [2.45, 2.75) is 13.0 Å². The van der Waals surface area contributed by atoms with Crippen molar-refractivity contribution >= 4 is 0 Å². The summed E-state index contributed by atoms with van der Waals surface area (Å²) < 4.78 is 24.4. The second-order valence-corrected chi connectivity index (χ2v) is 3.47. The van der Waals surface area contributed by atoms with Gasteiger partial charge in [0.25, 0.3) is 0 Å². The molecule has 1 aromatic carbocycles. The molecule has 0 fully saturated rings. The monoisotopic (exact) mass is 227 g/mol. The van der Waals surface area contributed by atoms with E-state index >= 15 is 0 Å². The van der Waals surface area contributed by atoms with Crippen LogP contribution in [0, 0.1) is 5.82 Å². The van der Waals surface area contributed by atoms with E-state index in [4.69, 9.17) is 9.47 Å². The molecule has 1 N–H and O–H groups in total. The summed E-state index contributed by atoms with van der Waals surface area (Å²) in [6.07, 6.45) is 0.807. The van der Waals surface area contributed by atoms with Gasteiger partial charge in [-0.05, 0) is 6.07 Å². The maximum Gasteiger partial charge on any atom is 0.164 e. The molecule has 1 aliphatic heterocycles. The topological polar surface area (TPSA) is 39.7 Å². The van der Waals surface area contributed by atoms with E-state index < -0.39 is 0 Å². The standard InChI is InChI=1S/C11H14FNO3/c1-14-13-7-8-5-10-11(6-9(8)12)16-4-2-3-15-10/h5-6,13H,2-4,7H2,1H3. The Labute approximate surface area is 93.3 Å². The summed E-state index contributed by atoms with van der Waals surface area (Å²) in [5, 5.41) is 0. The molecule has 0 bridgehead atoms. The molecule has 88 valence electrons. The lowest BCUT2D eigenvalue weighted by Gasteiger charge is -2.10. The smallest absolute Gasteiger partial charge is 0.164 e. The van der Waals surface area contributed by atoms with Gasteiger partial charge in [0.05, 0.1) is 20.3 Å². The van der Waals surface area contributed by atoms with E-state index in [1.165, 1.54) is 13.2 Å². The first-order chi connectivity index (χ1) is 7.81. The SMILES string of the molecule is CONCc1cc2c(cc1F)OCCCO2. The van der Waals surface area contributed by atoms with Gasteiger partial charge >= 0.3 is 0 Å². The number of fused-ring (bicyclic) bond motifs is 1. The highest BCUT2D eigenvalue weighted by Gasteiger charge is 2.14. The van der Waals surface area contributed by atoms with Crippen LogP contribution in [0.2, 0.25) is 0 Å². The lowest BCUT2D eigenvalue weighted by molar-refractivity contribution is 0.0858. The molecule has 0 saturated heterocycles. The zero-order chi connectivity index (χ0) is 11.4. The first-order valence-electron chi connectivity index (χ1n) is 5.15. The summed E-state index contributed by atoms with van der Waals surface area (Å²) in [6, 6.07) is 3.00. The summed E-state index contributed by atoms with van der Waals surface area (Å²) in [7, 11) is 1.49. The van der Waals surface area contributed by atoms with E-state index in [1.54, 1.807) is 6.07 Å². The van der Waals surface area contributed by atoms with Crippen LogP contribution in [0.15, 0.2) is 12.1 Å². The Balaban J connectivity index is 2.24. The van der Waals surface area contributed by atoms with Gasteiger partial charge in [0.1, 0.15) is 5.82 Å². The largest absolute Gasteiger partial charge is 0.490 e. The third kappa shape index (κ3) is 2.43. The highest BCUT2D eigenvalue weighted by molar-refractivity contribution is 5.44. The van der Waals surface area contributed by atoms with Gasteiger partial charge in [0.15, 0.2) is 11.5 Å². The van der Waals surface area contributed by atoms with Crippen molar-refractivity contribution < 1.29 is 18.7 Å². The number of nitrogens with one attached hydrogen (secondary N) is 1. The van der Waals surface area contributed by atoms with Crippen molar-refractivity contribution in [3.8, 4) is 11.5 Å². The second-order valence-electron chi connectivity index (χ2n) is 3.47. The van der Waals surface area contributed by atoms with E-state index in [2.05, 4.69) is 10.3 Å². The van der Waals surface area contributed by atoms with Crippen LogP contribution >= 0.6 is 0 Å². The van der Waals surface area contributed by atoms with Crippen molar-refractivity contribution in [1.82, 2.24) is 5.48 Å². The quantitative estimate of drug-likeness (QED) is 0.797. The Bertz CT molecular complexity index is 370. The molecule has 1 aromatic rings. The number of benzene rings is 1. The number of hydrogen-bond donors (Lipinski definition) is 1. The van der Waals surface area contributed by atoms with Crippen molar-refractivity contribution in [3.63, 3.8) is 0 Å². The van der Waals surface area contributed by atoms with E-state index in [-0.39, 0.29) is 5.82 Å². The van der Waals surface area contributed by atoms with E-state index in [1.807, 2.05) is 0 Å². The molecular formula is C11H14FNO3. The van der Waals surface area contributed by atoms with Crippen LogP contribution in [0.25, 0.3) is 0 Å². The summed E-state index contributed by atoms with van der Waals surface area (Å²) in [5.41, 5.74) is 3.08. The highest BCUT2D eigenvalue weighted by atomic mass is 19.1. The number of halogens is 1. The number of hydrogen-bond acceptors (Lipinski definition) is 4. The van der Waals surface area contributed by atoms with E-state index in [9.17, 15) is 4.39 Å². The second kappa shape index (κ2) is 5.14. The molecule has 0 saturated carbocycles. The van der Waals surface area contributed by atoms with E-state index in [0.29, 0.717) is 36.8 Å². The van der Waals surface area contributed by atoms with Crippen molar-refractivity contribution in [1.29, 1.82) is 0 Å². The molecule has 0 unspecified atom stereocenters. The minimum Gasteiger partial charge on any atom is -0.490 e. The van der Waals surface area contributed by atoms with Crippen LogP contribution in [0.5, 0.6) is 11.5 Å². The molecule has 0 amide bonds. The molecule has 16 heavy (non-hydrogen) atoms. The number of hydroxylamine groups is 1. The first kappa shape index (κ1) is 11.2. The third-order valence-electron chi connectivity index (χ3n) is 2.32. The Morgan fingerprint density at radius 1 is 1.31 bits per heavy atom. The number of rotatable bonds is 3. The van der Waals surface area contributed by atoms with Crippen LogP contribution in [0.4, 0.5) is 4.39 Å². The molecule has 0 aromatic heterocycles. The zero-order valence-electron chi connectivity index (χ0n) is 9.09. The van der Waals surface area contributed by atoms with Gasteiger partial charge in [-0.3, -0.25) is 0 Å². The molecule has 1 heterocycles. The molecule has 0 atom stereocenters.